The van der Waals surface area contributed by atoms with E-state index >= 15 is 0 Å². The second kappa shape index (κ2) is 5.85. The summed E-state index contributed by atoms with van der Waals surface area (Å²) >= 11 is 3.55. The largest absolute Gasteiger partial charge is 0.396 e. The van der Waals surface area contributed by atoms with Crippen LogP contribution in [0.3, 0.4) is 0 Å². The number of aliphatic hydroxyl groups excluding tert-OH is 1. The maximum Gasteiger partial charge on any atom is 0.189 e. The smallest absolute Gasteiger partial charge is 0.189 e. The molecule has 0 saturated heterocycles. The number of carbonyl (C=O) groups is 1. The molecule has 0 fully saturated rings. The van der Waals surface area contributed by atoms with Gasteiger partial charge >= 0.3 is 0 Å². The van der Waals surface area contributed by atoms with E-state index in [-0.39, 0.29) is 11.7 Å². The zero-order valence-corrected chi connectivity index (χ0v) is 5.97. The minimum Gasteiger partial charge on any atom is -0.396 e. The lowest BCUT2D eigenvalue weighted by Crippen LogP contribution is -1.81. The molecule has 3 heteroatoms. The summed E-state index contributed by atoms with van der Waals surface area (Å²) in [7, 11) is 0. The van der Waals surface area contributed by atoms with Gasteiger partial charge in [-0.2, -0.15) is 0 Å². The molecule has 52 valence electrons. The highest BCUT2D eigenvalue weighted by molar-refractivity contribution is 7.96. The van der Waals surface area contributed by atoms with Gasteiger partial charge in [0.05, 0.1) is 0 Å². The third-order valence-corrected chi connectivity index (χ3v) is 0.937. The average Bonchev–Trinajstić information content (AvgIpc) is 1.80. The van der Waals surface area contributed by atoms with Crippen LogP contribution in [0.1, 0.15) is 12.8 Å². The molecule has 0 aromatic carbocycles. The van der Waals surface area contributed by atoms with Crippen LogP contribution < -0.4 is 0 Å². The van der Waals surface area contributed by atoms with E-state index in [4.69, 9.17) is 5.11 Å². The molecule has 0 unspecified atom stereocenters. The number of hydrogen-bond acceptors (Lipinski definition) is 2. The van der Waals surface area contributed by atoms with Crippen molar-refractivity contribution in [3.63, 3.8) is 0 Å². The SMILES string of the molecule is O=C(S)C/C=C\CCO. The molecule has 0 amide bonds. The monoisotopic (exact) mass is 146 g/mol. The van der Waals surface area contributed by atoms with E-state index in [1.165, 1.54) is 0 Å². The highest BCUT2D eigenvalue weighted by Gasteiger charge is 1.84. The van der Waals surface area contributed by atoms with Gasteiger partial charge in [-0.25, -0.2) is 0 Å². The minimum absolute atomic E-state index is 0.136. The van der Waals surface area contributed by atoms with Crippen molar-refractivity contribution in [2.75, 3.05) is 6.61 Å². The number of rotatable bonds is 4. The predicted molar refractivity (Wildman–Crippen MR) is 39.5 cm³/mol. The van der Waals surface area contributed by atoms with Gasteiger partial charge in [0.25, 0.3) is 0 Å². The molecular formula is C6H10O2S. The Bertz CT molecular complexity index is 110. The summed E-state index contributed by atoms with van der Waals surface area (Å²) < 4.78 is 0. The Morgan fingerprint density at radius 1 is 1.56 bits per heavy atom. The van der Waals surface area contributed by atoms with Crippen LogP contribution >= 0.6 is 12.6 Å². The fourth-order valence-corrected chi connectivity index (χ4v) is 0.482. The Morgan fingerprint density at radius 3 is 2.67 bits per heavy atom. The quantitative estimate of drug-likeness (QED) is 0.454. The third-order valence-electron chi connectivity index (χ3n) is 0.755. The van der Waals surface area contributed by atoms with Gasteiger partial charge in [0.2, 0.25) is 0 Å². The molecule has 0 radical (unpaired) electrons. The Hall–Kier alpha value is -0.280. The van der Waals surface area contributed by atoms with Crippen LogP contribution in [0.2, 0.25) is 0 Å². The van der Waals surface area contributed by atoms with E-state index in [0.29, 0.717) is 12.8 Å². The summed E-state index contributed by atoms with van der Waals surface area (Å²) in [5.41, 5.74) is 0. The van der Waals surface area contributed by atoms with Crippen LogP contribution in [0.25, 0.3) is 0 Å². The number of carbonyl (C=O) groups excluding carboxylic acids is 1. The van der Waals surface area contributed by atoms with Crippen LogP contribution in [0.5, 0.6) is 0 Å². The topological polar surface area (TPSA) is 37.3 Å². The maximum atomic E-state index is 10.2. The first-order chi connectivity index (χ1) is 4.27. The normalized spacial score (nSPS) is 10.4. The van der Waals surface area contributed by atoms with Crippen molar-refractivity contribution in [1.29, 1.82) is 0 Å². The first kappa shape index (κ1) is 8.72. The lowest BCUT2D eigenvalue weighted by Gasteiger charge is -1.83. The van der Waals surface area contributed by atoms with Gasteiger partial charge in [-0.15, -0.1) is 12.6 Å². The van der Waals surface area contributed by atoms with Crippen LogP contribution in [0, 0.1) is 0 Å². The first-order valence-electron chi connectivity index (χ1n) is 2.75. The van der Waals surface area contributed by atoms with E-state index in [9.17, 15) is 4.79 Å². The van der Waals surface area contributed by atoms with Gasteiger partial charge in [-0.3, -0.25) is 4.79 Å². The molecular weight excluding hydrogens is 136 g/mol. The molecule has 0 aliphatic carbocycles. The van der Waals surface area contributed by atoms with Crippen molar-refractivity contribution in [3.05, 3.63) is 12.2 Å². The Labute approximate surface area is 60.0 Å². The second-order valence-electron chi connectivity index (χ2n) is 1.58. The zero-order chi connectivity index (χ0) is 7.11. The molecule has 0 saturated carbocycles. The van der Waals surface area contributed by atoms with Crippen LogP contribution in [0.15, 0.2) is 12.2 Å². The highest BCUT2D eigenvalue weighted by Crippen LogP contribution is 1.90. The van der Waals surface area contributed by atoms with E-state index in [1.54, 1.807) is 12.2 Å². The lowest BCUT2D eigenvalue weighted by molar-refractivity contribution is -0.110. The van der Waals surface area contributed by atoms with E-state index in [1.807, 2.05) is 0 Å². The fraction of sp³-hybridized carbons (Fsp3) is 0.500. The molecule has 0 bridgehead atoms. The third kappa shape index (κ3) is 7.72. The van der Waals surface area contributed by atoms with Crippen LogP contribution in [-0.2, 0) is 4.79 Å². The van der Waals surface area contributed by atoms with Crippen molar-refractivity contribution in [1.82, 2.24) is 0 Å². The molecule has 0 spiro atoms. The number of aliphatic hydroxyl groups is 1. The molecule has 9 heavy (non-hydrogen) atoms. The standard InChI is InChI=1S/C6H10O2S/c7-5-3-1-2-4-6(8)9/h1-2,7H,3-5H2,(H,8,9)/b2-1-. The van der Waals surface area contributed by atoms with Gasteiger partial charge in [-0.05, 0) is 6.42 Å². The highest BCUT2D eigenvalue weighted by atomic mass is 32.1. The van der Waals surface area contributed by atoms with Crippen LogP contribution in [0.4, 0.5) is 0 Å². The first-order valence-corrected chi connectivity index (χ1v) is 3.19. The van der Waals surface area contributed by atoms with Gasteiger partial charge in [-0.1, -0.05) is 12.2 Å². The van der Waals surface area contributed by atoms with Gasteiger partial charge in [0.15, 0.2) is 5.12 Å². The summed E-state index contributed by atoms with van der Waals surface area (Å²) in [5, 5.41) is 8.13. The molecule has 0 atom stereocenters. The minimum atomic E-state index is -0.149. The summed E-state index contributed by atoms with van der Waals surface area (Å²) in [5.74, 6) is 0. The van der Waals surface area contributed by atoms with Crippen LogP contribution in [-0.4, -0.2) is 16.8 Å². The number of thiol groups is 1. The number of hydrogen-bond donors (Lipinski definition) is 2. The van der Waals surface area contributed by atoms with Crippen molar-refractivity contribution in [2.45, 2.75) is 12.8 Å². The van der Waals surface area contributed by atoms with Crippen molar-refractivity contribution < 1.29 is 9.90 Å². The number of allylic oxidation sites excluding steroid dienone is 1. The van der Waals surface area contributed by atoms with Gasteiger partial charge in [0, 0.05) is 13.0 Å². The zero-order valence-electron chi connectivity index (χ0n) is 5.08. The molecule has 2 nitrogen and oxygen atoms in total. The second-order valence-corrected chi connectivity index (χ2v) is 2.08. The summed E-state index contributed by atoms with van der Waals surface area (Å²) in [6.07, 6.45) is 4.42. The average molecular weight is 146 g/mol. The Balaban J connectivity index is 3.14. The summed E-state index contributed by atoms with van der Waals surface area (Å²) in [4.78, 5) is 10.2. The van der Waals surface area contributed by atoms with Gasteiger partial charge in [0.1, 0.15) is 0 Å². The molecule has 0 aliphatic heterocycles. The van der Waals surface area contributed by atoms with E-state index in [2.05, 4.69) is 12.6 Å². The summed E-state index contributed by atoms with van der Waals surface area (Å²) in [6.45, 7) is 0.136. The van der Waals surface area contributed by atoms with E-state index < -0.39 is 0 Å². The lowest BCUT2D eigenvalue weighted by atomic mass is 10.3. The van der Waals surface area contributed by atoms with Crippen molar-refractivity contribution in [3.8, 4) is 0 Å². The maximum absolute atomic E-state index is 10.2. The molecule has 0 aromatic heterocycles. The van der Waals surface area contributed by atoms with Gasteiger partial charge < -0.3 is 5.11 Å². The van der Waals surface area contributed by atoms with E-state index in [0.717, 1.165) is 0 Å². The van der Waals surface area contributed by atoms with Crippen molar-refractivity contribution in [2.24, 2.45) is 0 Å². The molecule has 1 N–H and O–H groups in total. The molecule has 0 rings (SSSR count). The molecule has 0 aliphatic rings. The fourth-order valence-electron chi connectivity index (χ4n) is 0.377. The molecule has 0 aromatic rings. The predicted octanol–water partition coefficient (Wildman–Crippen LogP) is 0.771. The molecule has 0 heterocycles. The Morgan fingerprint density at radius 2 is 2.22 bits per heavy atom. The van der Waals surface area contributed by atoms with Crippen molar-refractivity contribution >= 4 is 17.7 Å². The Kier molecular flexibility index (Phi) is 5.67. The summed E-state index contributed by atoms with van der Waals surface area (Å²) in [6, 6.07) is 0.